The zero-order valence-electron chi connectivity index (χ0n) is 14.2. The Balaban J connectivity index is 0.000000279. The summed E-state index contributed by atoms with van der Waals surface area (Å²) in [5.74, 6) is -0.233. The zero-order chi connectivity index (χ0) is 20.3. The van der Waals surface area contributed by atoms with Crippen LogP contribution in [0.1, 0.15) is 18.4 Å². The summed E-state index contributed by atoms with van der Waals surface area (Å²) in [5.41, 5.74) is -4.67. The van der Waals surface area contributed by atoms with Crippen LogP contribution in [0, 0.1) is 0 Å². The maximum Gasteiger partial charge on any atom is 0.485 e. The second-order valence-electron chi connectivity index (χ2n) is 6.54. The molecule has 0 saturated carbocycles. The van der Waals surface area contributed by atoms with Gasteiger partial charge >= 0.3 is 11.5 Å². The first-order valence-electron chi connectivity index (χ1n) is 8.17. The molecule has 6 nitrogen and oxygen atoms in total. The lowest BCUT2D eigenvalue weighted by Crippen LogP contribution is -2.63. The van der Waals surface area contributed by atoms with Crippen LogP contribution < -0.4 is 0 Å². The van der Waals surface area contributed by atoms with E-state index in [0.29, 0.717) is 17.4 Å². The molecular formula is C16H19F4NO5S. The molecule has 3 rings (SSSR count). The fraction of sp³-hybridized carbons (Fsp3) is 0.562. The molecule has 0 aromatic heterocycles. The minimum Gasteiger partial charge on any atom is -0.741 e. The van der Waals surface area contributed by atoms with Gasteiger partial charge in [-0.3, -0.25) is 0 Å². The topological polar surface area (TPSA) is 83.5 Å². The molecule has 11 heteroatoms. The number of hydrogen-bond acceptors (Lipinski definition) is 5. The van der Waals surface area contributed by atoms with Crippen LogP contribution in [-0.2, 0) is 26.3 Å². The van der Waals surface area contributed by atoms with E-state index in [1.165, 1.54) is 0 Å². The quantitative estimate of drug-likeness (QED) is 0.249. The molecule has 2 atom stereocenters. The molecule has 2 saturated heterocycles. The lowest BCUT2D eigenvalue weighted by molar-refractivity contribution is -0.967. The van der Waals surface area contributed by atoms with E-state index in [4.69, 9.17) is 17.7 Å². The second kappa shape index (κ2) is 8.11. The van der Waals surface area contributed by atoms with Gasteiger partial charge in [0.15, 0.2) is 22.3 Å². The minimum absolute atomic E-state index is 0.233. The fourth-order valence-electron chi connectivity index (χ4n) is 3.27. The monoisotopic (exact) mass is 413 g/mol. The molecule has 0 bridgehead atoms. The number of carbonyl (C=O) groups is 1. The molecule has 2 fully saturated rings. The second-order valence-corrected chi connectivity index (χ2v) is 7.91. The third-order valence-electron chi connectivity index (χ3n) is 4.69. The van der Waals surface area contributed by atoms with Crippen molar-refractivity contribution < 1.29 is 44.5 Å². The SMILES string of the molecule is O=C(OCc1ccccc1)[C@@H]1C[C@@H](F)C[N+]12CCC2.O=S(=O)([O-])C(F)(F)F. The summed E-state index contributed by atoms with van der Waals surface area (Å²) < 4.78 is 78.5. The molecule has 0 radical (unpaired) electrons. The first-order chi connectivity index (χ1) is 12.4. The molecule has 1 aromatic rings. The highest BCUT2D eigenvalue weighted by Gasteiger charge is 2.55. The zero-order valence-corrected chi connectivity index (χ0v) is 15.0. The van der Waals surface area contributed by atoms with Gasteiger partial charge in [0.25, 0.3) is 0 Å². The van der Waals surface area contributed by atoms with Crippen LogP contribution in [0.2, 0.25) is 0 Å². The summed E-state index contributed by atoms with van der Waals surface area (Å²) in [6.07, 6.45) is 0.567. The smallest absolute Gasteiger partial charge is 0.485 e. The highest BCUT2D eigenvalue weighted by atomic mass is 32.2. The first kappa shape index (κ1) is 21.6. The Bertz CT molecular complexity index is 750. The maximum absolute atomic E-state index is 13.6. The van der Waals surface area contributed by atoms with E-state index in [0.717, 1.165) is 25.1 Å². The highest BCUT2D eigenvalue weighted by molar-refractivity contribution is 7.86. The number of hydrogen-bond donors (Lipinski definition) is 0. The van der Waals surface area contributed by atoms with E-state index in [-0.39, 0.29) is 18.6 Å². The van der Waals surface area contributed by atoms with Gasteiger partial charge in [0.1, 0.15) is 13.2 Å². The van der Waals surface area contributed by atoms with Gasteiger partial charge in [0.05, 0.1) is 13.1 Å². The van der Waals surface area contributed by atoms with Gasteiger partial charge in [-0.2, -0.15) is 13.2 Å². The van der Waals surface area contributed by atoms with E-state index >= 15 is 0 Å². The molecule has 152 valence electrons. The van der Waals surface area contributed by atoms with Crippen molar-refractivity contribution in [2.45, 2.75) is 37.2 Å². The lowest BCUT2D eigenvalue weighted by atomic mass is 10.1. The van der Waals surface area contributed by atoms with Gasteiger partial charge in [-0.15, -0.1) is 0 Å². The van der Waals surface area contributed by atoms with Gasteiger partial charge < -0.3 is 13.8 Å². The van der Waals surface area contributed by atoms with Crippen LogP contribution in [0.15, 0.2) is 30.3 Å². The Hall–Kier alpha value is -1.72. The van der Waals surface area contributed by atoms with Crippen molar-refractivity contribution in [3.63, 3.8) is 0 Å². The Morgan fingerprint density at radius 2 is 1.78 bits per heavy atom. The van der Waals surface area contributed by atoms with E-state index in [1.807, 2.05) is 30.3 Å². The van der Waals surface area contributed by atoms with Gasteiger partial charge in [-0.25, -0.2) is 17.6 Å². The molecule has 2 heterocycles. The molecule has 2 aliphatic rings. The van der Waals surface area contributed by atoms with Crippen molar-refractivity contribution in [3.8, 4) is 0 Å². The molecule has 2 aliphatic heterocycles. The molecular weight excluding hydrogens is 394 g/mol. The van der Waals surface area contributed by atoms with Crippen molar-refractivity contribution in [1.82, 2.24) is 0 Å². The van der Waals surface area contributed by atoms with Crippen LogP contribution in [-0.4, -0.2) is 60.8 Å². The van der Waals surface area contributed by atoms with Crippen LogP contribution in [0.25, 0.3) is 0 Å². The summed E-state index contributed by atoms with van der Waals surface area (Å²) >= 11 is 0. The normalized spacial score (nSPS) is 23.9. The average Bonchev–Trinajstić information content (AvgIpc) is 2.90. The molecule has 0 N–H and O–H groups in total. The number of ether oxygens (including phenoxy) is 1. The van der Waals surface area contributed by atoms with E-state index in [9.17, 15) is 22.4 Å². The number of carbonyl (C=O) groups excluding carboxylic acids is 1. The molecule has 0 unspecified atom stereocenters. The predicted molar refractivity (Wildman–Crippen MR) is 84.8 cm³/mol. The molecule has 1 spiro atoms. The van der Waals surface area contributed by atoms with E-state index < -0.39 is 21.8 Å². The third kappa shape index (κ3) is 5.39. The Morgan fingerprint density at radius 3 is 2.22 bits per heavy atom. The summed E-state index contributed by atoms with van der Waals surface area (Å²) in [4.78, 5) is 12.2. The van der Waals surface area contributed by atoms with Crippen molar-refractivity contribution >= 4 is 16.1 Å². The van der Waals surface area contributed by atoms with Crippen molar-refractivity contribution in [2.75, 3.05) is 19.6 Å². The average molecular weight is 413 g/mol. The number of rotatable bonds is 3. The Morgan fingerprint density at radius 1 is 1.22 bits per heavy atom. The third-order valence-corrected chi connectivity index (χ3v) is 5.26. The van der Waals surface area contributed by atoms with Crippen molar-refractivity contribution in [1.29, 1.82) is 0 Å². The number of halogens is 4. The number of benzene rings is 1. The molecule has 0 aliphatic carbocycles. The number of esters is 1. The van der Waals surface area contributed by atoms with E-state index in [2.05, 4.69) is 0 Å². The summed E-state index contributed by atoms with van der Waals surface area (Å²) in [6.45, 7) is 2.62. The van der Waals surface area contributed by atoms with Gasteiger partial charge in [-0.05, 0) is 5.56 Å². The van der Waals surface area contributed by atoms with Crippen LogP contribution in [0.3, 0.4) is 0 Å². The first-order valence-corrected chi connectivity index (χ1v) is 9.58. The standard InChI is InChI=1S/C15H19FNO2.CHF3O3S/c16-13-9-14(17(10-13)7-4-8-17)15(18)19-11-12-5-2-1-3-6-12;2-1(3,4)8(5,6)7/h1-3,5-6,13-14H,4,7-11H2;(H,5,6,7)/q+1;/p-1/t13-,14+;/m1./s1. The number of alkyl halides is 4. The van der Waals surface area contributed by atoms with Crippen molar-refractivity contribution in [3.05, 3.63) is 35.9 Å². The van der Waals surface area contributed by atoms with Gasteiger partial charge in [0, 0.05) is 12.8 Å². The largest absolute Gasteiger partial charge is 0.741 e. The van der Waals surface area contributed by atoms with Crippen LogP contribution in [0.4, 0.5) is 17.6 Å². The molecule has 0 amide bonds. The van der Waals surface area contributed by atoms with E-state index in [1.54, 1.807) is 0 Å². The minimum atomic E-state index is -6.09. The highest BCUT2D eigenvalue weighted by Crippen LogP contribution is 2.36. The summed E-state index contributed by atoms with van der Waals surface area (Å²) in [7, 11) is -6.09. The number of nitrogens with zero attached hydrogens (tertiary/aromatic N) is 1. The maximum atomic E-state index is 13.6. The summed E-state index contributed by atoms with van der Waals surface area (Å²) in [5, 5.41) is 0. The molecule has 1 aromatic carbocycles. The Labute approximate surface area is 154 Å². The lowest BCUT2D eigenvalue weighted by Gasteiger charge is -2.45. The molecule has 27 heavy (non-hydrogen) atoms. The van der Waals surface area contributed by atoms with Crippen molar-refractivity contribution in [2.24, 2.45) is 0 Å². The fourth-order valence-corrected chi connectivity index (χ4v) is 3.27. The number of quaternary nitrogens is 1. The Kier molecular flexibility index (Phi) is 6.48. The van der Waals surface area contributed by atoms with Gasteiger partial charge in [-0.1, -0.05) is 30.3 Å². The summed E-state index contributed by atoms with van der Waals surface area (Å²) in [6, 6.07) is 9.32. The van der Waals surface area contributed by atoms with Crippen LogP contribution >= 0.6 is 0 Å². The predicted octanol–water partition coefficient (Wildman–Crippen LogP) is 2.11. The van der Waals surface area contributed by atoms with Crippen LogP contribution in [0.5, 0.6) is 0 Å². The van der Waals surface area contributed by atoms with Gasteiger partial charge in [0.2, 0.25) is 0 Å².